The Balaban J connectivity index is 0.000000845. The van der Waals surface area contributed by atoms with Crippen LogP contribution in [0.1, 0.15) is 26.2 Å². The summed E-state index contributed by atoms with van der Waals surface area (Å²) < 4.78 is 5.63. The Hall–Kier alpha value is 1.91. The van der Waals surface area contributed by atoms with E-state index in [-0.39, 0.29) is 79.6 Å². The first-order valence-electron chi connectivity index (χ1n) is 4.66. The summed E-state index contributed by atoms with van der Waals surface area (Å²) in [6.45, 7) is 1.94. The number of fused-ring (bicyclic) bond motifs is 2. The van der Waals surface area contributed by atoms with E-state index in [0.717, 1.165) is 19.3 Å². The van der Waals surface area contributed by atoms with Crippen LogP contribution in [0.25, 0.3) is 0 Å². The molecule has 1 aliphatic heterocycles. The van der Waals surface area contributed by atoms with Crippen LogP contribution in [-0.4, -0.2) is 34.6 Å². The first kappa shape index (κ1) is 15.9. The molecule has 2 rings (SSSR count). The minimum absolute atomic E-state index is 0. The van der Waals surface area contributed by atoms with Crippen molar-refractivity contribution in [2.75, 3.05) is 6.61 Å². The van der Waals surface area contributed by atoms with Crippen LogP contribution in [0.3, 0.4) is 0 Å². The van der Waals surface area contributed by atoms with E-state index < -0.39 is 11.7 Å². The topological polar surface area (TPSA) is 49.7 Å². The predicted molar refractivity (Wildman–Crippen MR) is 43.7 cm³/mol. The van der Waals surface area contributed by atoms with E-state index in [1.54, 1.807) is 0 Å². The van der Waals surface area contributed by atoms with E-state index in [4.69, 9.17) is 4.74 Å². The molecule has 0 aromatic carbocycles. The second-order valence-electron chi connectivity index (χ2n) is 4.05. The number of hydrogen-bond acceptors (Lipinski definition) is 3. The molecule has 0 spiro atoms. The van der Waals surface area contributed by atoms with E-state index in [1.807, 2.05) is 6.92 Å². The molecule has 1 unspecified atom stereocenters. The van der Waals surface area contributed by atoms with Crippen molar-refractivity contribution in [2.24, 2.45) is 5.92 Å². The van der Waals surface area contributed by atoms with Crippen molar-refractivity contribution < 1.29 is 75.9 Å². The summed E-state index contributed by atoms with van der Waals surface area (Å²) in [6, 6.07) is 0. The van der Waals surface area contributed by atoms with Crippen LogP contribution in [0.2, 0.25) is 0 Å². The summed E-state index contributed by atoms with van der Waals surface area (Å²) in [7, 11) is 0. The predicted octanol–water partition coefficient (Wildman–Crippen LogP) is 0.295. The van der Waals surface area contributed by atoms with Crippen LogP contribution < -0.4 is 0 Å². The third-order valence-electron chi connectivity index (χ3n) is 3.37. The van der Waals surface area contributed by atoms with Gasteiger partial charge in [-0.15, -0.1) is 0 Å². The van der Waals surface area contributed by atoms with Crippen LogP contribution >= 0.6 is 0 Å². The average Bonchev–Trinajstić information content (AvgIpc) is 2.23. The number of aliphatic hydroxyl groups excluding tert-OH is 2. The molecule has 2 fully saturated rings. The average molecular weight is 512 g/mol. The summed E-state index contributed by atoms with van der Waals surface area (Å²) in [4.78, 5) is 0. The summed E-state index contributed by atoms with van der Waals surface area (Å²) in [5.74, 6) is 0.242. The van der Waals surface area contributed by atoms with E-state index in [2.05, 4.69) is 0 Å². The first-order valence-corrected chi connectivity index (χ1v) is 4.66. The zero-order chi connectivity index (χ0) is 8.77. The molecule has 1 heterocycles. The molecule has 1 saturated heterocycles. The molecule has 0 aromatic heterocycles. The fraction of sp³-hybridized carbons (Fsp3) is 1.00. The third kappa shape index (κ3) is 2.42. The number of ether oxygens (including phenoxy) is 1. The van der Waals surface area contributed by atoms with Gasteiger partial charge in [0.25, 0.3) is 0 Å². The van der Waals surface area contributed by atoms with Gasteiger partial charge >= 0.3 is 0 Å². The van der Waals surface area contributed by atoms with Gasteiger partial charge in [-0.2, -0.15) is 0 Å². The van der Waals surface area contributed by atoms with Gasteiger partial charge in [-0.1, -0.05) is 0 Å². The zero-order valence-electron chi connectivity index (χ0n) is 8.14. The maximum atomic E-state index is 9.84. The standard InChI is InChI=1S/C9H16O3.Ta.Tb/c1-6-7-3-2-4-9(5-10,12-6)8(7)11;;/h6-8,10-11H,2-5H2,1H3;;/t6-,7-,8?,9+;;/m0../s1. The second-order valence-corrected chi connectivity index (χ2v) is 4.05. The second kappa shape index (κ2) is 6.01. The molecule has 4 atom stereocenters. The fourth-order valence-electron chi connectivity index (χ4n) is 2.62. The van der Waals surface area contributed by atoms with Crippen molar-refractivity contribution in [3.05, 3.63) is 0 Å². The van der Waals surface area contributed by atoms with Gasteiger partial charge in [0.15, 0.2) is 0 Å². The van der Waals surface area contributed by atoms with Crippen LogP contribution in [-0.2, 0) is 27.1 Å². The van der Waals surface area contributed by atoms with Gasteiger partial charge < -0.3 is 14.9 Å². The maximum Gasteiger partial charge on any atom is 0.118 e. The van der Waals surface area contributed by atoms with E-state index in [0.29, 0.717) is 0 Å². The van der Waals surface area contributed by atoms with Gasteiger partial charge in [0.1, 0.15) is 5.60 Å². The Kier molecular flexibility index (Phi) is 6.82. The van der Waals surface area contributed by atoms with Gasteiger partial charge in [-0.05, 0) is 26.2 Å². The minimum Gasteiger partial charge on any atom is -0.393 e. The van der Waals surface area contributed by atoms with Crippen LogP contribution in [0.5, 0.6) is 0 Å². The molecule has 1 saturated carbocycles. The van der Waals surface area contributed by atoms with Crippen LogP contribution in [0.15, 0.2) is 0 Å². The Morgan fingerprint density at radius 3 is 2.64 bits per heavy atom. The van der Waals surface area contributed by atoms with Crippen LogP contribution in [0, 0.1) is 44.5 Å². The maximum absolute atomic E-state index is 9.84. The third-order valence-corrected chi connectivity index (χ3v) is 3.37. The van der Waals surface area contributed by atoms with E-state index in [9.17, 15) is 10.2 Å². The molecular weight excluding hydrogens is 496 g/mol. The zero-order valence-corrected chi connectivity index (χ0v) is 13.5. The quantitative estimate of drug-likeness (QED) is 0.532. The summed E-state index contributed by atoms with van der Waals surface area (Å²) in [6.07, 6.45) is 2.54. The Bertz CT molecular complexity index is 193. The number of hydrogen-bond donors (Lipinski definition) is 2. The van der Waals surface area contributed by atoms with Crippen molar-refractivity contribution >= 4 is 0 Å². The van der Waals surface area contributed by atoms with Gasteiger partial charge in [-0.25, -0.2) is 0 Å². The molecule has 0 amide bonds. The smallest absolute Gasteiger partial charge is 0.118 e. The number of rotatable bonds is 1. The van der Waals surface area contributed by atoms with Crippen molar-refractivity contribution in [3.63, 3.8) is 0 Å². The van der Waals surface area contributed by atoms with Gasteiger partial charge in [0, 0.05) is 66.9 Å². The van der Waals surface area contributed by atoms with Crippen molar-refractivity contribution in [3.8, 4) is 0 Å². The van der Waals surface area contributed by atoms with Crippen molar-refractivity contribution in [2.45, 2.75) is 44.0 Å². The molecule has 0 aromatic rings. The van der Waals surface area contributed by atoms with Crippen LogP contribution in [0.4, 0.5) is 0 Å². The molecule has 14 heavy (non-hydrogen) atoms. The molecule has 2 aliphatic rings. The summed E-state index contributed by atoms with van der Waals surface area (Å²) in [5.41, 5.74) is -0.623. The molecule has 84 valence electrons. The van der Waals surface area contributed by atoms with Crippen molar-refractivity contribution in [1.82, 2.24) is 0 Å². The Labute approximate surface area is 131 Å². The Morgan fingerprint density at radius 1 is 1.50 bits per heavy atom. The minimum atomic E-state index is -0.623. The number of aliphatic hydroxyl groups is 2. The summed E-state index contributed by atoms with van der Waals surface area (Å²) in [5, 5.41) is 19.0. The molecule has 1 aliphatic carbocycles. The largest absolute Gasteiger partial charge is 0.393 e. The molecule has 2 bridgehead atoms. The Morgan fingerprint density at radius 2 is 2.14 bits per heavy atom. The normalized spacial score (nSPS) is 45.2. The van der Waals surface area contributed by atoms with Crippen molar-refractivity contribution in [1.29, 1.82) is 0 Å². The molecular formula is C9H16O3TaTb. The molecule has 5 heteroatoms. The first-order chi connectivity index (χ1) is 5.69. The monoisotopic (exact) mass is 512 g/mol. The molecule has 3 nitrogen and oxygen atoms in total. The molecule has 2 radical (unpaired) electrons. The SMILES string of the molecule is C[C@@H]1O[C@@]2(CO)CCC[C@@H]1C2O.[Ta].[Tb]. The summed E-state index contributed by atoms with van der Waals surface area (Å²) >= 11 is 0. The fourth-order valence-corrected chi connectivity index (χ4v) is 2.62. The molecule has 2 N–H and O–H groups in total. The van der Waals surface area contributed by atoms with Gasteiger partial charge in [0.05, 0.1) is 18.8 Å². The van der Waals surface area contributed by atoms with Gasteiger partial charge in [0.2, 0.25) is 0 Å². The van der Waals surface area contributed by atoms with E-state index in [1.165, 1.54) is 0 Å². The van der Waals surface area contributed by atoms with E-state index >= 15 is 0 Å². The van der Waals surface area contributed by atoms with Gasteiger partial charge in [-0.3, -0.25) is 0 Å².